The first kappa shape index (κ1) is 14.7. The minimum absolute atomic E-state index is 0.0458. The predicted molar refractivity (Wildman–Crippen MR) is 78.5 cm³/mol. The first-order valence-electron chi connectivity index (χ1n) is 7.18. The first-order chi connectivity index (χ1) is 10.4. The summed E-state index contributed by atoms with van der Waals surface area (Å²) in [5.41, 5.74) is 1.33. The van der Waals surface area contributed by atoms with Gasteiger partial charge in [0.25, 0.3) is 11.6 Å². The lowest BCUT2D eigenvalue weighted by molar-refractivity contribution is -0.384. The van der Waals surface area contributed by atoms with E-state index in [0.29, 0.717) is 17.6 Å². The molecule has 0 amide bonds. The number of nitro benzene ring substituents is 1. The molecule has 0 saturated carbocycles. The van der Waals surface area contributed by atoms with Gasteiger partial charge in [-0.1, -0.05) is 0 Å². The van der Waals surface area contributed by atoms with Crippen LogP contribution in [0.25, 0.3) is 10.9 Å². The van der Waals surface area contributed by atoms with Crippen molar-refractivity contribution in [1.29, 1.82) is 0 Å². The third-order valence-electron chi connectivity index (χ3n) is 4.04. The number of aromatic nitrogens is 2. The highest BCUT2D eigenvalue weighted by Gasteiger charge is 2.35. The van der Waals surface area contributed by atoms with Crippen LogP contribution in [0.5, 0.6) is 0 Å². The summed E-state index contributed by atoms with van der Waals surface area (Å²) in [5, 5.41) is 16.0. The number of hydrogen-bond acceptors (Lipinski definition) is 4. The number of fused-ring (bicyclic) bond motifs is 1. The van der Waals surface area contributed by atoms with Gasteiger partial charge in [0.05, 0.1) is 22.3 Å². The van der Waals surface area contributed by atoms with E-state index in [1.807, 2.05) is 6.92 Å². The fraction of sp³-hybridized carbons (Fsp3) is 0.500. The average Bonchev–Trinajstić information content (AvgIpc) is 2.89. The SMILES string of the molecule is CCn1ncc2cc([N+](=O)[O-])cc(N3CCC(F)(F)CC3)c21. The van der Waals surface area contributed by atoms with E-state index in [1.165, 1.54) is 12.1 Å². The molecule has 0 atom stereocenters. The molecule has 1 saturated heterocycles. The predicted octanol–water partition coefficient (Wildman–Crippen LogP) is 3.20. The number of piperidine rings is 1. The highest BCUT2D eigenvalue weighted by atomic mass is 19.3. The van der Waals surface area contributed by atoms with E-state index in [2.05, 4.69) is 5.10 Å². The Bertz CT molecular complexity index is 719. The molecule has 1 fully saturated rings. The summed E-state index contributed by atoms with van der Waals surface area (Å²) in [4.78, 5) is 12.4. The number of benzene rings is 1. The van der Waals surface area contributed by atoms with Crippen LogP contribution < -0.4 is 4.90 Å². The van der Waals surface area contributed by atoms with Crippen molar-refractivity contribution in [2.24, 2.45) is 0 Å². The molecule has 1 aromatic carbocycles. The van der Waals surface area contributed by atoms with Crippen molar-refractivity contribution in [2.45, 2.75) is 32.2 Å². The van der Waals surface area contributed by atoms with Gasteiger partial charge in [-0.25, -0.2) is 8.78 Å². The van der Waals surface area contributed by atoms with Gasteiger partial charge in [-0.15, -0.1) is 0 Å². The quantitative estimate of drug-likeness (QED) is 0.645. The van der Waals surface area contributed by atoms with Crippen LogP contribution >= 0.6 is 0 Å². The third-order valence-corrected chi connectivity index (χ3v) is 4.04. The number of hydrogen-bond donors (Lipinski definition) is 0. The van der Waals surface area contributed by atoms with Gasteiger partial charge in [-0.05, 0) is 6.92 Å². The summed E-state index contributed by atoms with van der Waals surface area (Å²) < 4.78 is 28.4. The molecule has 118 valence electrons. The Morgan fingerprint density at radius 2 is 2.05 bits per heavy atom. The summed E-state index contributed by atoms with van der Waals surface area (Å²) in [6.45, 7) is 2.89. The molecule has 8 heteroatoms. The summed E-state index contributed by atoms with van der Waals surface area (Å²) in [7, 11) is 0. The molecular formula is C14H16F2N4O2. The van der Waals surface area contributed by atoms with E-state index in [4.69, 9.17) is 0 Å². The Morgan fingerprint density at radius 3 is 2.64 bits per heavy atom. The van der Waals surface area contributed by atoms with E-state index in [0.717, 1.165) is 5.52 Å². The van der Waals surface area contributed by atoms with Crippen molar-refractivity contribution in [1.82, 2.24) is 9.78 Å². The van der Waals surface area contributed by atoms with Gasteiger partial charge in [0.1, 0.15) is 0 Å². The molecule has 2 heterocycles. The lowest BCUT2D eigenvalue weighted by Gasteiger charge is -2.33. The molecule has 1 aliphatic heterocycles. The summed E-state index contributed by atoms with van der Waals surface area (Å²) in [6, 6.07) is 2.93. The molecule has 6 nitrogen and oxygen atoms in total. The van der Waals surface area contributed by atoms with Crippen LogP contribution in [0.3, 0.4) is 0 Å². The molecule has 0 radical (unpaired) electrons. The van der Waals surface area contributed by atoms with Crippen LogP contribution in [0.1, 0.15) is 19.8 Å². The minimum Gasteiger partial charge on any atom is -0.369 e. The Kier molecular flexibility index (Phi) is 3.46. The maximum Gasteiger partial charge on any atom is 0.272 e. The van der Waals surface area contributed by atoms with Gasteiger partial charge in [-0.3, -0.25) is 14.8 Å². The van der Waals surface area contributed by atoms with E-state index >= 15 is 0 Å². The second-order valence-corrected chi connectivity index (χ2v) is 5.46. The number of aryl methyl sites for hydroxylation is 1. The van der Waals surface area contributed by atoms with E-state index in [-0.39, 0.29) is 31.6 Å². The molecule has 0 spiro atoms. The number of rotatable bonds is 3. The first-order valence-corrected chi connectivity index (χ1v) is 7.18. The zero-order chi connectivity index (χ0) is 15.9. The van der Waals surface area contributed by atoms with Crippen molar-refractivity contribution in [2.75, 3.05) is 18.0 Å². The van der Waals surface area contributed by atoms with Crippen LogP contribution in [0.15, 0.2) is 18.3 Å². The smallest absolute Gasteiger partial charge is 0.272 e. The second kappa shape index (κ2) is 5.19. The fourth-order valence-corrected chi connectivity index (χ4v) is 2.86. The molecule has 0 unspecified atom stereocenters. The monoisotopic (exact) mass is 310 g/mol. The lowest BCUT2D eigenvalue weighted by atomic mass is 10.1. The molecule has 0 aliphatic carbocycles. The molecule has 0 N–H and O–H groups in total. The number of halogens is 2. The maximum absolute atomic E-state index is 13.3. The Labute approximate surface area is 125 Å². The molecule has 2 aromatic rings. The number of alkyl halides is 2. The number of nitro groups is 1. The van der Waals surface area contributed by atoms with E-state index in [1.54, 1.807) is 15.8 Å². The zero-order valence-electron chi connectivity index (χ0n) is 12.1. The minimum atomic E-state index is -2.65. The van der Waals surface area contributed by atoms with Crippen LogP contribution in [-0.2, 0) is 6.54 Å². The van der Waals surface area contributed by atoms with Crippen molar-refractivity contribution in [3.63, 3.8) is 0 Å². The molecule has 1 aromatic heterocycles. The second-order valence-electron chi connectivity index (χ2n) is 5.46. The van der Waals surface area contributed by atoms with Crippen molar-refractivity contribution in [3.05, 3.63) is 28.4 Å². The molecular weight excluding hydrogens is 294 g/mol. The van der Waals surface area contributed by atoms with Crippen molar-refractivity contribution < 1.29 is 13.7 Å². The topological polar surface area (TPSA) is 64.2 Å². The van der Waals surface area contributed by atoms with Gasteiger partial charge in [0.2, 0.25) is 0 Å². The molecule has 3 rings (SSSR count). The van der Waals surface area contributed by atoms with Gasteiger partial charge >= 0.3 is 0 Å². The van der Waals surface area contributed by atoms with Crippen molar-refractivity contribution in [3.8, 4) is 0 Å². The van der Waals surface area contributed by atoms with Crippen LogP contribution in [0.2, 0.25) is 0 Å². The van der Waals surface area contributed by atoms with Crippen LogP contribution in [0, 0.1) is 10.1 Å². The number of non-ortho nitro benzene ring substituents is 1. The van der Waals surface area contributed by atoms with Gasteiger partial charge in [-0.2, -0.15) is 5.10 Å². The van der Waals surface area contributed by atoms with Crippen LogP contribution in [-0.4, -0.2) is 33.7 Å². The highest BCUT2D eigenvalue weighted by molar-refractivity contribution is 5.93. The van der Waals surface area contributed by atoms with Gasteiger partial charge < -0.3 is 4.90 Å². The summed E-state index contributed by atoms with van der Waals surface area (Å²) >= 11 is 0. The fourth-order valence-electron chi connectivity index (χ4n) is 2.86. The summed E-state index contributed by atoms with van der Waals surface area (Å²) in [5.74, 6) is -2.65. The molecule has 22 heavy (non-hydrogen) atoms. The van der Waals surface area contributed by atoms with E-state index in [9.17, 15) is 18.9 Å². The Balaban J connectivity index is 2.10. The summed E-state index contributed by atoms with van der Waals surface area (Å²) in [6.07, 6.45) is 1.10. The van der Waals surface area contributed by atoms with E-state index < -0.39 is 10.8 Å². The Hall–Kier alpha value is -2.25. The lowest BCUT2D eigenvalue weighted by Crippen LogP contribution is -2.39. The molecule has 0 bridgehead atoms. The highest BCUT2D eigenvalue weighted by Crippen LogP contribution is 2.36. The Morgan fingerprint density at radius 1 is 1.36 bits per heavy atom. The third kappa shape index (κ3) is 2.49. The maximum atomic E-state index is 13.3. The average molecular weight is 310 g/mol. The van der Waals surface area contributed by atoms with Gasteiger partial charge in [0.15, 0.2) is 0 Å². The standard InChI is InChI=1S/C14H16F2N4O2/c1-2-19-13-10(9-17-19)7-11(20(21)22)8-12(13)18-5-3-14(15,16)4-6-18/h7-9H,2-6H2,1H3. The largest absolute Gasteiger partial charge is 0.369 e. The van der Waals surface area contributed by atoms with Gasteiger partial charge in [0, 0.05) is 50.0 Å². The number of anilines is 1. The number of nitrogens with zero attached hydrogens (tertiary/aromatic N) is 4. The van der Waals surface area contributed by atoms with Crippen molar-refractivity contribution >= 4 is 22.3 Å². The van der Waals surface area contributed by atoms with Crippen LogP contribution in [0.4, 0.5) is 20.2 Å². The zero-order valence-corrected chi connectivity index (χ0v) is 12.1. The molecule has 1 aliphatic rings. The normalized spacial score (nSPS) is 17.9.